The number of aromatic nitrogens is 6. The first-order valence-corrected chi connectivity index (χ1v) is 3.63. The van der Waals surface area contributed by atoms with Crippen molar-refractivity contribution in [3.05, 3.63) is 18.0 Å². The van der Waals surface area contributed by atoms with Crippen LogP contribution in [0.3, 0.4) is 0 Å². The normalized spacial score (nSPS) is 10.0. The fourth-order valence-corrected chi connectivity index (χ4v) is 0.767. The van der Waals surface area contributed by atoms with Crippen LogP contribution in [0.5, 0.6) is 0 Å². The molecule has 0 saturated carbocycles. The molecule has 0 radical (unpaired) electrons. The van der Waals surface area contributed by atoms with Crippen molar-refractivity contribution < 1.29 is 9.32 Å². The van der Waals surface area contributed by atoms with Gasteiger partial charge in [-0.05, 0) is 5.21 Å². The van der Waals surface area contributed by atoms with Crippen LogP contribution in [-0.4, -0.2) is 36.7 Å². The van der Waals surface area contributed by atoms with Crippen LogP contribution < -0.4 is 5.32 Å². The van der Waals surface area contributed by atoms with E-state index in [1.165, 1.54) is 6.39 Å². The number of nitrogens with zero attached hydrogens (tertiary/aromatic N) is 5. The molecule has 9 heteroatoms. The van der Waals surface area contributed by atoms with E-state index in [0.29, 0.717) is 5.82 Å². The number of tetrazole rings is 1. The quantitative estimate of drug-likeness (QED) is 0.611. The summed E-state index contributed by atoms with van der Waals surface area (Å²) in [5.74, 6) is -0.112. The summed E-state index contributed by atoms with van der Waals surface area (Å²) in [5, 5.41) is 18.4. The highest BCUT2D eigenvalue weighted by molar-refractivity contribution is 5.89. The van der Waals surface area contributed by atoms with Crippen molar-refractivity contribution >= 4 is 5.91 Å². The van der Waals surface area contributed by atoms with Gasteiger partial charge in [0.05, 0.1) is 6.54 Å². The molecule has 0 fully saturated rings. The van der Waals surface area contributed by atoms with Crippen LogP contribution in [-0.2, 0) is 6.54 Å². The standard InChI is InChI=1S/C5H5N7O2/c13-5(4-8-11-12-9-4)6-1-3-7-2-14-10-3/h2H,1H2,(H,6,13)(H,8,9,11,12). The first-order chi connectivity index (χ1) is 6.86. The zero-order valence-corrected chi connectivity index (χ0v) is 6.84. The minimum Gasteiger partial charge on any atom is -0.343 e. The number of aromatic amines is 1. The van der Waals surface area contributed by atoms with Gasteiger partial charge in [-0.1, -0.05) is 5.16 Å². The van der Waals surface area contributed by atoms with Crippen molar-refractivity contribution in [3.63, 3.8) is 0 Å². The molecule has 1 amide bonds. The molecule has 0 bridgehead atoms. The van der Waals surface area contributed by atoms with Crippen LogP contribution in [0, 0.1) is 0 Å². The Morgan fingerprint density at radius 3 is 3.21 bits per heavy atom. The molecule has 2 aromatic heterocycles. The van der Waals surface area contributed by atoms with Crippen molar-refractivity contribution in [2.45, 2.75) is 6.54 Å². The maximum absolute atomic E-state index is 11.2. The van der Waals surface area contributed by atoms with E-state index in [4.69, 9.17) is 0 Å². The Kier molecular flexibility index (Phi) is 2.13. The van der Waals surface area contributed by atoms with Gasteiger partial charge in [-0.2, -0.15) is 10.2 Å². The number of nitrogens with one attached hydrogen (secondary N) is 2. The molecule has 72 valence electrons. The lowest BCUT2D eigenvalue weighted by Crippen LogP contribution is -2.24. The van der Waals surface area contributed by atoms with Crippen LogP contribution >= 0.6 is 0 Å². The van der Waals surface area contributed by atoms with Crippen LogP contribution in [0.4, 0.5) is 0 Å². The van der Waals surface area contributed by atoms with Gasteiger partial charge in [0.25, 0.3) is 11.7 Å². The van der Waals surface area contributed by atoms with Crippen LogP contribution in [0.25, 0.3) is 0 Å². The molecule has 2 heterocycles. The van der Waals surface area contributed by atoms with E-state index >= 15 is 0 Å². The molecule has 0 unspecified atom stereocenters. The van der Waals surface area contributed by atoms with E-state index in [0.717, 1.165) is 0 Å². The highest BCUT2D eigenvalue weighted by Gasteiger charge is 2.10. The van der Waals surface area contributed by atoms with Crippen LogP contribution in [0.1, 0.15) is 16.4 Å². The van der Waals surface area contributed by atoms with Gasteiger partial charge in [-0.25, -0.2) is 0 Å². The van der Waals surface area contributed by atoms with Crippen molar-refractivity contribution in [1.82, 2.24) is 36.1 Å². The number of hydrogen-bond donors (Lipinski definition) is 2. The third kappa shape index (κ3) is 1.71. The Balaban J connectivity index is 1.90. The van der Waals surface area contributed by atoms with E-state index in [1.54, 1.807) is 0 Å². The van der Waals surface area contributed by atoms with Gasteiger partial charge in [0.15, 0.2) is 5.82 Å². The van der Waals surface area contributed by atoms with E-state index in [2.05, 4.69) is 40.6 Å². The minimum absolute atomic E-state index is 0.0338. The number of hydrogen-bond acceptors (Lipinski definition) is 7. The Labute approximate surface area is 76.9 Å². The van der Waals surface area contributed by atoms with Gasteiger partial charge < -0.3 is 9.84 Å². The minimum atomic E-state index is -0.455. The second-order valence-corrected chi connectivity index (χ2v) is 2.27. The van der Waals surface area contributed by atoms with Gasteiger partial charge in [-0.3, -0.25) is 4.79 Å². The SMILES string of the molecule is O=C(NCc1ncon1)c1nn[nH]n1. The average molecular weight is 195 g/mol. The molecule has 0 aliphatic rings. The summed E-state index contributed by atoms with van der Waals surface area (Å²) in [5.41, 5.74) is 0. The maximum atomic E-state index is 11.2. The van der Waals surface area contributed by atoms with Crippen molar-refractivity contribution in [2.75, 3.05) is 0 Å². The Morgan fingerprint density at radius 2 is 2.57 bits per heavy atom. The monoisotopic (exact) mass is 195 g/mol. The molecule has 9 nitrogen and oxygen atoms in total. The van der Waals surface area contributed by atoms with E-state index < -0.39 is 5.91 Å². The lowest BCUT2D eigenvalue weighted by molar-refractivity contribution is 0.0939. The number of amides is 1. The largest absolute Gasteiger partial charge is 0.343 e. The summed E-state index contributed by atoms with van der Waals surface area (Å²) in [7, 11) is 0. The first kappa shape index (κ1) is 8.29. The van der Waals surface area contributed by atoms with Gasteiger partial charge in [-0.15, -0.1) is 10.2 Å². The number of carbonyl (C=O) groups excluding carboxylic acids is 1. The average Bonchev–Trinajstić information content (AvgIpc) is 2.87. The fourth-order valence-electron chi connectivity index (χ4n) is 0.767. The van der Waals surface area contributed by atoms with E-state index in [1.807, 2.05) is 0 Å². The molecule has 2 N–H and O–H groups in total. The lowest BCUT2D eigenvalue weighted by Gasteiger charge is -1.95. The maximum Gasteiger partial charge on any atom is 0.293 e. The highest BCUT2D eigenvalue weighted by atomic mass is 16.5. The molecule has 0 atom stereocenters. The molecule has 0 spiro atoms. The predicted molar refractivity (Wildman–Crippen MR) is 39.6 cm³/mol. The zero-order valence-electron chi connectivity index (χ0n) is 6.84. The zero-order chi connectivity index (χ0) is 9.80. The summed E-state index contributed by atoms with van der Waals surface area (Å²) in [6.07, 6.45) is 1.18. The smallest absolute Gasteiger partial charge is 0.293 e. The summed E-state index contributed by atoms with van der Waals surface area (Å²) in [4.78, 5) is 14.9. The van der Waals surface area contributed by atoms with E-state index in [-0.39, 0.29) is 12.4 Å². The van der Waals surface area contributed by atoms with Gasteiger partial charge in [0.2, 0.25) is 6.39 Å². The molecule has 0 aliphatic heterocycles. The Hall–Kier alpha value is -2.32. The second-order valence-electron chi connectivity index (χ2n) is 2.27. The molecule has 0 aliphatic carbocycles. The topological polar surface area (TPSA) is 122 Å². The summed E-state index contributed by atoms with van der Waals surface area (Å²) in [6.45, 7) is 0.157. The molecule has 0 saturated heterocycles. The molecule has 2 rings (SSSR count). The summed E-state index contributed by atoms with van der Waals surface area (Å²) in [6, 6.07) is 0. The predicted octanol–water partition coefficient (Wildman–Crippen LogP) is -1.49. The Bertz CT molecular complexity index is 394. The fraction of sp³-hybridized carbons (Fsp3) is 0.200. The number of rotatable bonds is 3. The van der Waals surface area contributed by atoms with Crippen molar-refractivity contribution in [3.8, 4) is 0 Å². The number of carbonyl (C=O) groups is 1. The van der Waals surface area contributed by atoms with E-state index in [9.17, 15) is 4.79 Å². The third-order valence-corrected chi connectivity index (χ3v) is 1.36. The highest BCUT2D eigenvalue weighted by Crippen LogP contribution is 1.88. The third-order valence-electron chi connectivity index (χ3n) is 1.36. The molecular formula is C5H5N7O2. The summed E-state index contributed by atoms with van der Waals surface area (Å²) < 4.78 is 4.48. The van der Waals surface area contributed by atoms with Crippen LogP contribution in [0.15, 0.2) is 10.9 Å². The lowest BCUT2D eigenvalue weighted by atomic mass is 10.5. The van der Waals surface area contributed by atoms with Crippen molar-refractivity contribution in [1.29, 1.82) is 0 Å². The number of H-pyrrole nitrogens is 1. The second kappa shape index (κ2) is 3.60. The van der Waals surface area contributed by atoms with Crippen LogP contribution in [0.2, 0.25) is 0 Å². The molecule has 14 heavy (non-hydrogen) atoms. The van der Waals surface area contributed by atoms with Gasteiger partial charge in [0.1, 0.15) is 0 Å². The Morgan fingerprint density at radius 1 is 1.64 bits per heavy atom. The molecule has 0 aromatic carbocycles. The first-order valence-electron chi connectivity index (χ1n) is 3.63. The molecular weight excluding hydrogens is 190 g/mol. The molecule has 2 aromatic rings. The summed E-state index contributed by atoms with van der Waals surface area (Å²) >= 11 is 0. The van der Waals surface area contributed by atoms with Gasteiger partial charge >= 0.3 is 0 Å². The van der Waals surface area contributed by atoms with Crippen molar-refractivity contribution in [2.24, 2.45) is 0 Å². The van der Waals surface area contributed by atoms with Gasteiger partial charge in [0, 0.05) is 0 Å².